The summed E-state index contributed by atoms with van der Waals surface area (Å²) in [5.74, 6) is -2.20. The van der Waals surface area contributed by atoms with Gasteiger partial charge in [0.05, 0.1) is 24.3 Å². The Kier molecular flexibility index (Phi) is 8.74. The lowest BCUT2D eigenvalue weighted by Crippen LogP contribution is -2.60. The molecule has 40 heavy (non-hydrogen) atoms. The summed E-state index contributed by atoms with van der Waals surface area (Å²) in [6, 6.07) is 4.40. The minimum Gasteiger partial charge on any atom is -0.379 e. The molecule has 1 aliphatic carbocycles. The fraction of sp³-hybridized carbons (Fsp3) is 0.533. The van der Waals surface area contributed by atoms with Crippen LogP contribution in [0.4, 0.5) is 10.1 Å². The summed E-state index contributed by atoms with van der Waals surface area (Å²) in [5, 5.41) is 10.1. The molecule has 3 aliphatic heterocycles. The number of carbonyl (C=O) groups excluding carboxylic acids is 2. The third-order valence-electron chi connectivity index (χ3n) is 9.00. The maximum absolute atomic E-state index is 16.0. The summed E-state index contributed by atoms with van der Waals surface area (Å²) < 4.78 is 21.4. The first-order valence-corrected chi connectivity index (χ1v) is 14.8. The maximum Gasteiger partial charge on any atom is 0.237 e. The lowest BCUT2D eigenvalue weighted by atomic mass is 9.55. The van der Waals surface area contributed by atoms with E-state index in [0.717, 1.165) is 32.4 Å². The van der Waals surface area contributed by atoms with Crippen molar-refractivity contribution in [1.82, 2.24) is 15.5 Å². The van der Waals surface area contributed by atoms with E-state index in [1.54, 1.807) is 25.1 Å². The molecule has 0 aromatic heterocycles. The first kappa shape index (κ1) is 29.3. The Hall–Kier alpha value is -2.23. The van der Waals surface area contributed by atoms with Gasteiger partial charge in [0, 0.05) is 48.3 Å². The van der Waals surface area contributed by atoms with Gasteiger partial charge in [-0.2, -0.15) is 0 Å². The Morgan fingerprint density at radius 3 is 2.70 bits per heavy atom. The Morgan fingerprint density at radius 1 is 1.27 bits per heavy atom. The summed E-state index contributed by atoms with van der Waals surface area (Å²) >= 11 is 12.7. The van der Waals surface area contributed by atoms with E-state index in [0.29, 0.717) is 55.4 Å². The van der Waals surface area contributed by atoms with E-state index in [-0.39, 0.29) is 22.4 Å². The molecule has 2 amide bonds. The highest BCUT2D eigenvalue weighted by Gasteiger charge is 2.72. The van der Waals surface area contributed by atoms with Crippen molar-refractivity contribution in [2.75, 3.05) is 44.7 Å². The predicted molar refractivity (Wildman–Crippen MR) is 156 cm³/mol. The molecule has 2 saturated heterocycles. The minimum atomic E-state index is -1.28. The van der Waals surface area contributed by atoms with Gasteiger partial charge in [-0.25, -0.2) is 4.39 Å². The maximum atomic E-state index is 16.0. The monoisotopic (exact) mass is 590 g/mol. The molecular weight excluding hydrogens is 554 g/mol. The van der Waals surface area contributed by atoms with Gasteiger partial charge in [-0.1, -0.05) is 61.2 Å². The van der Waals surface area contributed by atoms with Gasteiger partial charge in [0.25, 0.3) is 0 Å². The normalized spacial score (nSPS) is 28.6. The molecule has 0 bridgehead atoms. The number of hydrogen-bond donors (Lipinski definition) is 3. The zero-order chi connectivity index (χ0) is 28.5. The van der Waals surface area contributed by atoms with Crippen LogP contribution in [0.25, 0.3) is 0 Å². The highest BCUT2D eigenvalue weighted by atomic mass is 35.5. The van der Waals surface area contributed by atoms with Gasteiger partial charge in [-0.05, 0) is 49.1 Å². The zero-order valence-electron chi connectivity index (χ0n) is 22.8. The van der Waals surface area contributed by atoms with Crippen LogP contribution in [0.5, 0.6) is 0 Å². The molecule has 3 fully saturated rings. The number of halogens is 3. The molecule has 1 aromatic rings. The largest absolute Gasteiger partial charge is 0.379 e. The number of fused-ring (bicyclic) bond motifs is 3. The summed E-state index contributed by atoms with van der Waals surface area (Å²) in [6.45, 7) is 9.94. The number of carbonyl (C=O) groups is 2. The molecule has 0 radical (unpaired) electrons. The van der Waals surface area contributed by atoms with Gasteiger partial charge in [0.1, 0.15) is 11.2 Å². The van der Waals surface area contributed by atoms with Crippen molar-refractivity contribution in [1.29, 1.82) is 0 Å². The van der Waals surface area contributed by atoms with Crippen LogP contribution in [0.3, 0.4) is 0 Å². The predicted octanol–water partition coefficient (Wildman–Crippen LogP) is 4.82. The summed E-state index contributed by atoms with van der Waals surface area (Å²) in [7, 11) is 0. The average molecular weight is 592 g/mol. The third kappa shape index (κ3) is 4.92. The summed E-state index contributed by atoms with van der Waals surface area (Å²) in [6.07, 6.45) is 7.21. The first-order valence-electron chi connectivity index (χ1n) is 14.1. The van der Waals surface area contributed by atoms with Crippen molar-refractivity contribution >= 4 is 40.7 Å². The second-order valence-corrected chi connectivity index (χ2v) is 12.0. The van der Waals surface area contributed by atoms with Crippen LogP contribution in [0.1, 0.15) is 44.6 Å². The van der Waals surface area contributed by atoms with Crippen LogP contribution in [0, 0.1) is 5.92 Å². The second kappa shape index (κ2) is 11.9. The molecule has 3 N–H and O–H groups in total. The number of anilines is 1. The van der Waals surface area contributed by atoms with Gasteiger partial charge >= 0.3 is 0 Å². The first-order chi connectivity index (χ1) is 19.2. The molecule has 10 heteroatoms. The molecule has 7 nitrogen and oxygen atoms in total. The molecule has 216 valence electrons. The molecule has 1 saturated carbocycles. The van der Waals surface area contributed by atoms with Crippen LogP contribution >= 0.6 is 23.2 Å². The van der Waals surface area contributed by atoms with Crippen LogP contribution in [0.2, 0.25) is 5.02 Å². The molecule has 3 heterocycles. The number of benzene rings is 1. The molecular formula is C30H37Cl2FN4O3. The van der Waals surface area contributed by atoms with Crippen molar-refractivity contribution in [2.45, 2.75) is 56.0 Å². The van der Waals surface area contributed by atoms with Crippen molar-refractivity contribution < 1.29 is 18.7 Å². The Balaban J connectivity index is 1.59. The van der Waals surface area contributed by atoms with E-state index in [9.17, 15) is 9.59 Å². The highest BCUT2D eigenvalue weighted by molar-refractivity contribution is 6.32. The van der Waals surface area contributed by atoms with E-state index >= 15 is 4.39 Å². The molecule has 2 spiro atoms. The number of hydrogen-bond acceptors (Lipinski definition) is 5. The molecule has 4 aliphatic rings. The van der Waals surface area contributed by atoms with Crippen molar-refractivity contribution in [2.24, 2.45) is 5.92 Å². The molecule has 3 unspecified atom stereocenters. The number of morpholine rings is 1. The summed E-state index contributed by atoms with van der Waals surface area (Å²) in [4.78, 5) is 30.5. The quantitative estimate of drug-likeness (QED) is 0.397. The SMILES string of the molecule is C=C(C(F)=C(Cl)C=CC)C1C(C(=O)NCCN2CCOCC2)NC2(CCCCC2)C12C(=O)Nc1cc(Cl)ccc12. The minimum absolute atomic E-state index is 0.0318. The highest BCUT2D eigenvalue weighted by Crippen LogP contribution is 2.61. The topological polar surface area (TPSA) is 82.7 Å². The Labute approximate surface area is 245 Å². The molecule has 5 rings (SSSR count). The van der Waals surface area contributed by atoms with Crippen LogP contribution in [-0.2, 0) is 19.7 Å². The number of nitrogens with one attached hydrogen (secondary N) is 3. The van der Waals surface area contributed by atoms with Gasteiger partial charge in [0.2, 0.25) is 11.8 Å². The second-order valence-electron chi connectivity index (χ2n) is 11.1. The lowest BCUT2D eigenvalue weighted by Gasteiger charge is -2.47. The standard InChI is InChI=1S/C30H37Cl2FN4O3/c1-3-7-22(32)25(33)19(2)24-26(27(38)34-12-13-37-14-16-40-17-15-37)36-29(10-5-4-6-11-29)30(24)21-9-8-20(31)18-23(21)35-28(30)39/h3,7-9,18,24,26,36H,2,4-6,10-17H2,1H3,(H,34,38)(H,35,39). The third-order valence-corrected chi connectivity index (χ3v) is 9.53. The van der Waals surface area contributed by atoms with Gasteiger partial charge < -0.3 is 15.4 Å². The fourth-order valence-electron chi connectivity index (χ4n) is 7.29. The summed E-state index contributed by atoms with van der Waals surface area (Å²) in [5.41, 5.74) is -0.729. The number of rotatable bonds is 7. The van der Waals surface area contributed by atoms with E-state index in [1.165, 1.54) is 6.08 Å². The number of ether oxygens (including phenoxy) is 1. The average Bonchev–Trinajstić information content (AvgIpc) is 3.40. The fourth-order valence-corrected chi connectivity index (χ4v) is 7.71. The van der Waals surface area contributed by atoms with E-state index < -0.39 is 28.7 Å². The van der Waals surface area contributed by atoms with Crippen LogP contribution in [0.15, 0.2) is 53.4 Å². The van der Waals surface area contributed by atoms with Crippen molar-refractivity contribution in [3.05, 3.63) is 63.9 Å². The zero-order valence-corrected chi connectivity index (χ0v) is 24.3. The number of amides is 2. The smallest absolute Gasteiger partial charge is 0.237 e. The number of allylic oxidation sites excluding steroid dienone is 4. The van der Waals surface area contributed by atoms with Crippen LogP contribution in [-0.4, -0.2) is 67.7 Å². The van der Waals surface area contributed by atoms with E-state index in [4.69, 9.17) is 27.9 Å². The molecule has 1 aromatic carbocycles. The lowest BCUT2D eigenvalue weighted by molar-refractivity contribution is -0.125. The Morgan fingerprint density at radius 2 is 2.00 bits per heavy atom. The van der Waals surface area contributed by atoms with Crippen molar-refractivity contribution in [3.63, 3.8) is 0 Å². The Bertz CT molecular complexity index is 1240. The van der Waals surface area contributed by atoms with Gasteiger partial charge in [-0.15, -0.1) is 0 Å². The molecule has 3 atom stereocenters. The van der Waals surface area contributed by atoms with E-state index in [2.05, 4.69) is 27.4 Å². The van der Waals surface area contributed by atoms with Gasteiger partial charge in [0.15, 0.2) is 0 Å². The number of nitrogens with zero attached hydrogens (tertiary/aromatic N) is 1. The van der Waals surface area contributed by atoms with Gasteiger partial charge in [-0.3, -0.25) is 19.8 Å². The van der Waals surface area contributed by atoms with Crippen LogP contribution < -0.4 is 16.0 Å². The van der Waals surface area contributed by atoms with E-state index in [1.807, 2.05) is 6.07 Å². The van der Waals surface area contributed by atoms with Crippen molar-refractivity contribution in [3.8, 4) is 0 Å².